The van der Waals surface area contributed by atoms with Crippen molar-refractivity contribution >= 4 is 17.0 Å². The van der Waals surface area contributed by atoms with Crippen LogP contribution in [0.1, 0.15) is 21.7 Å². The Hall–Kier alpha value is -2.07. The van der Waals surface area contributed by atoms with Crippen LogP contribution in [0, 0.1) is 20.8 Å². The van der Waals surface area contributed by atoms with Gasteiger partial charge in [-0.15, -0.1) is 11.3 Å². The lowest BCUT2D eigenvalue weighted by atomic mass is 10.1. The van der Waals surface area contributed by atoms with E-state index in [2.05, 4.69) is 50.1 Å². The van der Waals surface area contributed by atoms with Crippen molar-refractivity contribution < 1.29 is 0 Å². The summed E-state index contributed by atoms with van der Waals surface area (Å²) in [7, 11) is 0. The Balaban J connectivity index is 1.90. The number of hydrogen-bond donors (Lipinski definition) is 1. The topological polar surface area (TPSA) is 43.8 Å². The number of rotatable bonds is 3. The Morgan fingerprint density at radius 2 is 1.86 bits per heavy atom. The molecule has 1 aromatic carbocycles. The van der Waals surface area contributed by atoms with E-state index in [1.165, 1.54) is 27.3 Å². The van der Waals surface area contributed by atoms with Crippen molar-refractivity contribution in [3.05, 3.63) is 58.2 Å². The molecule has 0 unspecified atom stereocenters. The van der Waals surface area contributed by atoms with Gasteiger partial charge in [-0.1, -0.05) is 29.8 Å². The summed E-state index contributed by atoms with van der Waals surface area (Å²) in [6.07, 6.45) is 1.94. The van der Waals surface area contributed by atoms with E-state index < -0.39 is 0 Å². The maximum Gasteiger partial charge on any atom is 0.0662 e. The number of benzene rings is 1. The van der Waals surface area contributed by atoms with E-state index in [0.717, 1.165) is 17.1 Å². The molecule has 0 aliphatic carbocycles. The number of anilines is 1. The highest BCUT2D eigenvalue weighted by Gasteiger charge is 2.12. The lowest BCUT2D eigenvalue weighted by molar-refractivity contribution is 0.665. The van der Waals surface area contributed by atoms with Gasteiger partial charge < -0.3 is 5.73 Å². The number of aryl methyl sites for hydroxylation is 2. The van der Waals surface area contributed by atoms with Crippen molar-refractivity contribution in [2.75, 3.05) is 5.73 Å². The van der Waals surface area contributed by atoms with Gasteiger partial charge in [-0.3, -0.25) is 4.68 Å². The zero-order valence-corrected chi connectivity index (χ0v) is 13.4. The second-order valence-corrected chi connectivity index (χ2v) is 6.67. The minimum absolute atomic E-state index is 0.798. The maximum absolute atomic E-state index is 5.96. The molecular weight excluding hydrogens is 278 g/mol. The minimum atomic E-state index is 0.798. The van der Waals surface area contributed by atoms with Gasteiger partial charge in [0.15, 0.2) is 0 Å². The number of nitrogens with zero attached hydrogens (tertiary/aromatic N) is 2. The molecule has 2 aromatic heterocycles. The van der Waals surface area contributed by atoms with Crippen molar-refractivity contribution in [2.45, 2.75) is 27.3 Å². The van der Waals surface area contributed by atoms with Crippen LogP contribution in [-0.4, -0.2) is 9.78 Å². The molecule has 0 radical (unpaired) electrons. The van der Waals surface area contributed by atoms with Crippen LogP contribution < -0.4 is 5.73 Å². The third-order valence-corrected chi connectivity index (χ3v) is 4.88. The summed E-state index contributed by atoms with van der Waals surface area (Å²) in [6.45, 7) is 7.06. The third kappa shape index (κ3) is 2.72. The predicted molar refractivity (Wildman–Crippen MR) is 89.7 cm³/mol. The monoisotopic (exact) mass is 297 g/mol. The Bertz CT molecular complexity index is 746. The van der Waals surface area contributed by atoms with Gasteiger partial charge in [-0.25, -0.2) is 0 Å². The number of aromatic nitrogens is 2. The summed E-state index contributed by atoms with van der Waals surface area (Å²) < 4.78 is 2.05. The van der Waals surface area contributed by atoms with E-state index >= 15 is 0 Å². The standard InChI is InChI=1S/C17H19N3S/c1-11-4-6-14(7-5-11)10-20-12(2)15(9-19-20)17-8-16(18)13(3)21-17/h4-9H,10,18H2,1-3H3. The molecule has 0 aliphatic rings. The molecule has 0 aliphatic heterocycles. The van der Waals surface area contributed by atoms with Crippen molar-refractivity contribution in [1.29, 1.82) is 0 Å². The first-order valence-corrected chi connectivity index (χ1v) is 7.80. The maximum atomic E-state index is 5.96. The first kappa shape index (κ1) is 13.9. The van der Waals surface area contributed by atoms with Crippen LogP contribution in [0.4, 0.5) is 5.69 Å². The van der Waals surface area contributed by atoms with Crippen molar-refractivity contribution in [3.63, 3.8) is 0 Å². The van der Waals surface area contributed by atoms with Gasteiger partial charge in [-0.05, 0) is 32.4 Å². The SMILES string of the molecule is Cc1ccc(Cn2ncc(-c3cc(N)c(C)s3)c2C)cc1. The number of nitrogens with two attached hydrogens (primary N) is 1. The highest BCUT2D eigenvalue weighted by Crippen LogP contribution is 2.34. The van der Waals surface area contributed by atoms with E-state index in [-0.39, 0.29) is 0 Å². The van der Waals surface area contributed by atoms with Crippen LogP contribution in [-0.2, 0) is 6.54 Å². The van der Waals surface area contributed by atoms with Crippen LogP contribution in [0.15, 0.2) is 36.5 Å². The van der Waals surface area contributed by atoms with E-state index in [0.29, 0.717) is 0 Å². The normalized spacial score (nSPS) is 11.0. The van der Waals surface area contributed by atoms with Crippen LogP contribution in [0.25, 0.3) is 10.4 Å². The Labute approximate surface area is 129 Å². The molecule has 0 spiro atoms. The van der Waals surface area contributed by atoms with E-state index in [1.807, 2.05) is 16.9 Å². The minimum Gasteiger partial charge on any atom is -0.398 e. The molecule has 108 valence electrons. The fourth-order valence-corrected chi connectivity index (χ4v) is 3.35. The van der Waals surface area contributed by atoms with Crippen molar-refractivity contribution in [2.24, 2.45) is 0 Å². The molecule has 2 heterocycles. The third-order valence-electron chi connectivity index (χ3n) is 3.78. The van der Waals surface area contributed by atoms with Crippen molar-refractivity contribution in [3.8, 4) is 10.4 Å². The molecule has 0 saturated heterocycles. The average molecular weight is 297 g/mol. The van der Waals surface area contributed by atoms with Gasteiger partial charge >= 0.3 is 0 Å². The molecular formula is C17H19N3S. The lowest BCUT2D eigenvalue weighted by Gasteiger charge is -2.06. The zero-order chi connectivity index (χ0) is 15.0. The fraction of sp³-hybridized carbons (Fsp3) is 0.235. The molecule has 0 saturated carbocycles. The van der Waals surface area contributed by atoms with Gasteiger partial charge in [-0.2, -0.15) is 5.10 Å². The van der Waals surface area contributed by atoms with Crippen LogP contribution in [0.3, 0.4) is 0 Å². The summed E-state index contributed by atoms with van der Waals surface area (Å²) in [5.74, 6) is 0. The number of thiophene rings is 1. The highest BCUT2D eigenvalue weighted by molar-refractivity contribution is 7.16. The second-order valence-electron chi connectivity index (χ2n) is 5.41. The summed E-state index contributed by atoms with van der Waals surface area (Å²) in [4.78, 5) is 2.35. The second kappa shape index (κ2) is 5.37. The largest absolute Gasteiger partial charge is 0.398 e. The molecule has 3 nitrogen and oxygen atoms in total. The molecule has 3 aromatic rings. The van der Waals surface area contributed by atoms with E-state index in [9.17, 15) is 0 Å². The van der Waals surface area contributed by atoms with Crippen LogP contribution in [0.2, 0.25) is 0 Å². The molecule has 0 amide bonds. The van der Waals surface area contributed by atoms with Crippen molar-refractivity contribution in [1.82, 2.24) is 9.78 Å². The van der Waals surface area contributed by atoms with Gasteiger partial charge in [0.2, 0.25) is 0 Å². The fourth-order valence-electron chi connectivity index (χ4n) is 2.34. The number of hydrogen-bond acceptors (Lipinski definition) is 3. The Morgan fingerprint density at radius 1 is 1.14 bits per heavy atom. The Morgan fingerprint density at radius 3 is 2.48 bits per heavy atom. The smallest absolute Gasteiger partial charge is 0.0662 e. The molecule has 0 atom stereocenters. The van der Waals surface area contributed by atoms with E-state index in [1.54, 1.807) is 11.3 Å². The van der Waals surface area contributed by atoms with Crippen LogP contribution >= 0.6 is 11.3 Å². The first-order chi connectivity index (χ1) is 10.0. The summed E-state index contributed by atoms with van der Waals surface area (Å²) >= 11 is 1.72. The molecule has 0 bridgehead atoms. The highest BCUT2D eigenvalue weighted by atomic mass is 32.1. The predicted octanol–water partition coefficient (Wildman–Crippen LogP) is 4.17. The Kier molecular flexibility index (Phi) is 3.55. The van der Waals surface area contributed by atoms with E-state index in [4.69, 9.17) is 5.73 Å². The molecule has 4 heteroatoms. The number of nitrogen functional groups attached to an aromatic ring is 1. The van der Waals surface area contributed by atoms with Gasteiger partial charge in [0, 0.05) is 26.7 Å². The zero-order valence-electron chi connectivity index (χ0n) is 12.6. The molecule has 3 rings (SSSR count). The summed E-state index contributed by atoms with van der Waals surface area (Å²) in [6, 6.07) is 10.6. The lowest BCUT2D eigenvalue weighted by Crippen LogP contribution is -2.03. The molecule has 2 N–H and O–H groups in total. The van der Waals surface area contributed by atoms with Gasteiger partial charge in [0.05, 0.1) is 12.7 Å². The van der Waals surface area contributed by atoms with Gasteiger partial charge in [0.1, 0.15) is 0 Å². The average Bonchev–Trinajstić information content (AvgIpc) is 2.97. The molecule has 21 heavy (non-hydrogen) atoms. The van der Waals surface area contributed by atoms with Gasteiger partial charge in [0.25, 0.3) is 0 Å². The first-order valence-electron chi connectivity index (χ1n) is 6.99. The van der Waals surface area contributed by atoms with Crippen LogP contribution in [0.5, 0.6) is 0 Å². The molecule has 0 fully saturated rings. The summed E-state index contributed by atoms with van der Waals surface area (Å²) in [5.41, 5.74) is 11.7. The summed E-state index contributed by atoms with van der Waals surface area (Å²) in [5, 5.41) is 4.53. The quantitative estimate of drug-likeness (QED) is 0.788.